The summed E-state index contributed by atoms with van der Waals surface area (Å²) in [6.45, 7) is 15.4. The Labute approximate surface area is 135 Å². The highest BCUT2D eigenvalue weighted by atomic mass is 35.5. The first kappa shape index (κ1) is 18.3. The minimum absolute atomic E-state index is 0.342. The van der Waals surface area contributed by atoms with E-state index >= 15 is 0 Å². The molecular weight excluding hydrogens is 280 g/mol. The maximum absolute atomic E-state index is 6.56. The zero-order chi connectivity index (χ0) is 16.0. The molecule has 1 N–H and O–H groups in total. The van der Waals surface area contributed by atoms with Gasteiger partial charge in [0.05, 0.1) is 10.7 Å². The van der Waals surface area contributed by atoms with Crippen molar-refractivity contribution in [2.24, 2.45) is 5.92 Å². The van der Waals surface area contributed by atoms with Gasteiger partial charge >= 0.3 is 0 Å². The van der Waals surface area contributed by atoms with Crippen LogP contribution in [-0.2, 0) is 0 Å². The van der Waals surface area contributed by atoms with E-state index in [0.717, 1.165) is 30.2 Å². The van der Waals surface area contributed by atoms with Gasteiger partial charge in [-0.2, -0.15) is 0 Å². The molecule has 0 aromatic heterocycles. The molecule has 1 unspecified atom stereocenters. The summed E-state index contributed by atoms with van der Waals surface area (Å²) in [5.41, 5.74) is 2.40. The monoisotopic (exact) mass is 310 g/mol. The molecule has 0 aliphatic heterocycles. The lowest BCUT2D eigenvalue weighted by Crippen LogP contribution is -2.34. The molecule has 1 atom stereocenters. The lowest BCUT2D eigenvalue weighted by Gasteiger charge is -2.32. The van der Waals surface area contributed by atoms with Crippen LogP contribution in [0.25, 0.3) is 0 Å². The van der Waals surface area contributed by atoms with Crippen LogP contribution in [0.5, 0.6) is 0 Å². The van der Waals surface area contributed by atoms with Crippen molar-refractivity contribution >= 4 is 17.3 Å². The molecule has 1 aromatic carbocycles. The van der Waals surface area contributed by atoms with Gasteiger partial charge < -0.3 is 10.2 Å². The molecule has 0 amide bonds. The topological polar surface area (TPSA) is 15.3 Å². The molecule has 0 aliphatic rings. The second kappa shape index (κ2) is 8.65. The number of rotatable bonds is 8. The lowest BCUT2D eigenvalue weighted by atomic mass is 10.1. The first-order chi connectivity index (χ1) is 9.86. The van der Waals surface area contributed by atoms with Crippen molar-refractivity contribution in [2.75, 3.05) is 18.0 Å². The van der Waals surface area contributed by atoms with Crippen LogP contribution >= 0.6 is 11.6 Å². The Morgan fingerprint density at radius 2 is 1.81 bits per heavy atom. The Hall–Kier alpha value is -0.730. The molecule has 0 heterocycles. The highest BCUT2D eigenvalue weighted by molar-refractivity contribution is 6.33. The van der Waals surface area contributed by atoms with Crippen molar-refractivity contribution in [2.45, 2.75) is 60.0 Å². The maximum atomic E-state index is 6.56. The van der Waals surface area contributed by atoms with Gasteiger partial charge in [-0.3, -0.25) is 0 Å². The fraction of sp³-hybridized carbons (Fsp3) is 0.667. The molecule has 0 saturated heterocycles. The SMILES string of the molecule is CCCNC(C)c1ccc(N(CC(C)C)C(C)C)c(Cl)c1. The number of hydrogen-bond acceptors (Lipinski definition) is 2. The summed E-state index contributed by atoms with van der Waals surface area (Å²) in [6.07, 6.45) is 1.14. The second-order valence-corrected chi connectivity index (χ2v) is 6.93. The third-order valence-electron chi connectivity index (χ3n) is 3.67. The summed E-state index contributed by atoms with van der Waals surface area (Å²) in [5, 5.41) is 4.36. The first-order valence-corrected chi connectivity index (χ1v) is 8.54. The predicted octanol–water partition coefficient (Wildman–Crippen LogP) is 5.27. The molecule has 0 fully saturated rings. The van der Waals surface area contributed by atoms with E-state index in [1.165, 1.54) is 5.56 Å². The predicted molar refractivity (Wildman–Crippen MR) is 95.5 cm³/mol. The van der Waals surface area contributed by atoms with E-state index in [9.17, 15) is 0 Å². The summed E-state index contributed by atoms with van der Waals surface area (Å²) in [4.78, 5) is 2.39. The van der Waals surface area contributed by atoms with Crippen LogP contribution in [0.2, 0.25) is 5.02 Å². The van der Waals surface area contributed by atoms with Crippen LogP contribution in [0.15, 0.2) is 18.2 Å². The van der Waals surface area contributed by atoms with Crippen molar-refractivity contribution in [1.82, 2.24) is 5.32 Å². The van der Waals surface area contributed by atoms with E-state index in [2.05, 4.69) is 70.0 Å². The number of nitrogens with one attached hydrogen (secondary N) is 1. The van der Waals surface area contributed by atoms with Gasteiger partial charge in [0.2, 0.25) is 0 Å². The quantitative estimate of drug-likeness (QED) is 0.703. The largest absolute Gasteiger partial charge is 0.368 e. The fourth-order valence-corrected chi connectivity index (χ4v) is 2.78. The van der Waals surface area contributed by atoms with Crippen LogP contribution in [0, 0.1) is 5.92 Å². The van der Waals surface area contributed by atoms with Gasteiger partial charge in [0.1, 0.15) is 0 Å². The normalized spacial score (nSPS) is 13.0. The Morgan fingerprint density at radius 3 is 2.29 bits per heavy atom. The van der Waals surface area contributed by atoms with Crippen LogP contribution < -0.4 is 10.2 Å². The molecule has 0 aliphatic carbocycles. The molecule has 2 nitrogen and oxygen atoms in total. The lowest BCUT2D eigenvalue weighted by molar-refractivity contribution is 0.566. The molecular formula is C18H31ClN2. The van der Waals surface area contributed by atoms with Crippen molar-refractivity contribution in [1.29, 1.82) is 0 Å². The van der Waals surface area contributed by atoms with E-state index in [4.69, 9.17) is 11.6 Å². The van der Waals surface area contributed by atoms with Crippen LogP contribution in [-0.4, -0.2) is 19.1 Å². The minimum Gasteiger partial charge on any atom is -0.368 e. The number of benzene rings is 1. The standard InChI is InChI=1S/C18H31ClN2/c1-7-10-20-15(6)16-8-9-18(17(19)11-16)21(14(4)5)12-13(2)3/h8-9,11,13-15,20H,7,10,12H2,1-6H3. The van der Waals surface area contributed by atoms with Crippen molar-refractivity contribution in [3.8, 4) is 0 Å². The van der Waals surface area contributed by atoms with Gasteiger partial charge in [-0.15, -0.1) is 0 Å². The van der Waals surface area contributed by atoms with Crippen LogP contribution in [0.4, 0.5) is 5.69 Å². The van der Waals surface area contributed by atoms with Gasteiger partial charge in [0, 0.05) is 18.6 Å². The smallest absolute Gasteiger partial charge is 0.0642 e. The summed E-state index contributed by atoms with van der Waals surface area (Å²) in [5.74, 6) is 0.619. The van der Waals surface area contributed by atoms with E-state index in [-0.39, 0.29) is 0 Å². The van der Waals surface area contributed by atoms with Crippen molar-refractivity contribution < 1.29 is 0 Å². The highest BCUT2D eigenvalue weighted by Crippen LogP contribution is 2.30. The molecule has 0 spiro atoms. The summed E-state index contributed by atoms with van der Waals surface area (Å²) >= 11 is 6.56. The van der Waals surface area contributed by atoms with E-state index < -0.39 is 0 Å². The van der Waals surface area contributed by atoms with E-state index in [1.54, 1.807) is 0 Å². The molecule has 3 heteroatoms. The molecule has 1 rings (SSSR count). The van der Waals surface area contributed by atoms with Crippen LogP contribution in [0.1, 0.15) is 59.6 Å². The number of anilines is 1. The van der Waals surface area contributed by atoms with Gasteiger partial charge in [-0.05, 0) is 57.4 Å². The Morgan fingerprint density at radius 1 is 1.14 bits per heavy atom. The fourth-order valence-electron chi connectivity index (χ4n) is 2.48. The molecule has 1 aromatic rings. The number of nitrogens with zero attached hydrogens (tertiary/aromatic N) is 1. The number of hydrogen-bond donors (Lipinski definition) is 1. The third-order valence-corrected chi connectivity index (χ3v) is 3.97. The average Bonchev–Trinajstić information content (AvgIpc) is 2.42. The summed E-state index contributed by atoms with van der Waals surface area (Å²) in [6, 6.07) is 7.27. The Bertz CT molecular complexity index is 429. The zero-order valence-corrected chi connectivity index (χ0v) is 15.2. The zero-order valence-electron chi connectivity index (χ0n) is 14.4. The van der Waals surface area contributed by atoms with Gasteiger partial charge in [0.15, 0.2) is 0 Å². The third kappa shape index (κ3) is 5.52. The number of halogens is 1. The van der Waals surface area contributed by atoms with E-state index in [0.29, 0.717) is 18.0 Å². The summed E-state index contributed by atoms with van der Waals surface area (Å²) in [7, 11) is 0. The van der Waals surface area contributed by atoms with Gasteiger partial charge in [-0.25, -0.2) is 0 Å². The van der Waals surface area contributed by atoms with Gasteiger partial charge in [0.25, 0.3) is 0 Å². The molecule has 0 bridgehead atoms. The molecule has 120 valence electrons. The summed E-state index contributed by atoms with van der Waals surface area (Å²) < 4.78 is 0. The minimum atomic E-state index is 0.342. The average molecular weight is 311 g/mol. The molecule has 21 heavy (non-hydrogen) atoms. The Balaban J connectivity index is 2.94. The van der Waals surface area contributed by atoms with Crippen LogP contribution in [0.3, 0.4) is 0 Å². The maximum Gasteiger partial charge on any atom is 0.0642 e. The molecule has 0 saturated carbocycles. The highest BCUT2D eigenvalue weighted by Gasteiger charge is 2.16. The van der Waals surface area contributed by atoms with Crippen molar-refractivity contribution in [3.63, 3.8) is 0 Å². The van der Waals surface area contributed by atoms with Gasteiger partial charge in [-0.1, -0.05) is 38.4 Å². The second-order valence-electron chi connectivity index (χ2n) is 6.53. The first-order valence-electron chi connectivity index (χ1n) is 8.16. The van der Waals surface area contributed by atoms with E-state index in [1.807, 2.05) is 0 Å². The van der Waals surface area contributed by atoms with Crippen molar-refractivity contribution in [3.05, 3.63) is 28.8 Å². The molecule has 0 radical (unpaired) electrons. The Kier molecular flexibility index (Phi) is 7.55.